The van der Waals surface area contributed by atoms with Crippen LogP contribution in [0.3, 0.4) is 0 Å². The molecule has 4 aromatic carbocycles. The normalized spacial score (nSPS) is 11.8. The highest BCUT2D eigenvalue weighted by Gasteiger charge is 2.22. The molecule has 2 N–H and O–H groups in total. The van der Waals surface area contributed by atoms with Gasteiger partial charge >= 0.3 is 0 Å². The Morgan fingerprint density at radius 3 is 1.32 bits per heavy atom. The smallest absolute Gasteiger partial charge is 0.245 e. The summed E-state index contributed by atoms with van der Waals surface area (Å²) in [6.07, 6.45) is 0. The van der Waals surface area contributed by atoms with Crippen LogP contribution in [0.25, 0.3) is 44.3 Å². The van der Waals surface area contributed by atoms with Crippen LogP contribution >= 0.6 is 57.1 Å². The number of sulfonamides is 1. The van der Waals surface area contributed by atoms with Crippen molar-refractivity contribution >= 4 is 98.0 Å². The lowest BCUT2D eigenvalue weighted by molar-refractivity contribution is 0.597. The Morgan fingerprint density at radius 1 is 0.523 bits per heavy atom. The van der Waals surface area contributed by atoms with Gasteiger partial charge in [-0.1, -0.05) is 107 Å². The molecular weight excluding hydrogens is 708 g/mol. The maximum absolute atomic E-state index is 11.9. The van der Waals surface area contributed by atoms with Crippen LogP contribution in [-0.4, -0.2) is 26.8 Å². The van der Waals surface area contributed by atoms with Crippen LogP contribution in [0.5, 0.6) is 0 Å². The Balaban J connectivity index is 0.000000175. The van der Waals surface area contributed by atoms with E-state index in [4.69, 9.17) is 62.2 Å². The largest absolute Gasteiger partial charge is 0.263 e. The Morgan fingerprint density at radius 2 is 0.909 bits per heavy atom. The van der Waals surface area contributed by atoms with Gasteiger partial charge in [-0.3, -0.25) is 0 Å². The molecule has 0 amide bonds. The van der Waals surface area contributed by atoms with Crippen LogP contribution in [0.15, 0.2) is 107 Å². The fourth-order valence-corrected chi connectivity index (χ4v) is 7.00. The van der Waals surface area contributed by atoms with Gasteiger partial charge in [-0.15, -0.1) is 0 Å². The van der Waals surface area contributed by atoms with Gasteiger partial charge in [0.1, 0.15) is 9.79 Å². The topological polar surface area (TPSA) is 120 Å². The van der Waals surface area contributed by atoms with Crippen LogP contribution in [0.1, 0.15) is 0 Å². The second-order valence-corrected chi connectivity index (χ2v) is 14.9. The van der Waals surface area contributed by atoms with Gasteiger partial charge < -0.3 is 0 Å². The zero-order valence-corrected chi connectivity index (χ0v) is 27.5. The number of nitrogens with two attached hydrogens (primary N) is 1. The lowest BCUT2D eigenvalue weighted by atomic mass is 10.1. The predicted molar refractivity (Wildman–Crippen MR) is 179 cm³/mol. The molecule has 0 unspecified atom stereocenters. The third kappa shape index (κ3) is 6.80. The van der Waals surface area contributed by atoms with Gasteiger partial charge in [0.05, 0.1) is 42.5 Å². The molecule has 0 fully saturated rings. The molecule has 0 aliphatic carbocycles. The molecule has 6 rings (SSSR count). The molecule has 0 radical (unpaired) electrons. The van der Waals surface area contributed by atoms with Crippen molar-refractivity contribution in [2.24, 2.45) is 5.14 Å². The summed E-state index contributed by atoms with van der Waals surface area (Å²) in [5.41, 5.74) is 2.31. The minimum Gasteiger partial charge on any atom is -0.245 e. The summed E-state index contributed by atoms with van der Waals surface area (Å²) < 4.78 is 47.7. The van der Waals surface area contributed by atoms with Gasteiger partial charge in [-0.2, -0.15) is 0 Å². The molecular formula is C30H18Cl5N3O4S2. The van der Waals surface area contributed by atoms with Gasteiger partial charge in [0.25, 0.3) is 9.05 Å². The third-order valence-electron chi connectivity index (χ3n) is 6.35. The summed E-state index contributed by atoms with van der Waals surface area (Å²) in [7, 11) is -2.40. The number of primary sulfonamides is 1. The number of para-hydroxylation sites is 2. The van der Waals surface area contributed by atoms with Crippen LogP contribution in [-0.2, 0) is 19.1 Å². The lowest BCUT2D eigenvalue weighted by Gasteiger charge is -2.11. The SMILES string of the molecule is NS(=O)(=O)c1cc2cccc(Cl)c2nc1-c1ccccc1Cl.O=S(=O)(Cl)c1cc2cccc(Cl)c2nc1-c1ccccc1Cl. The van der Waals surface area contributed by atoms with E-state index in [2.05, 4.69) is 9.97 Å². The van der Waals surface area contributed by atoms with Crippen molar-refractivity contribution in [1.29, 1.82) is 0 Å². The number of aromatic nitrogens is 2. The summed E-state index contributed by atoms with van der Waals surface area (Å²) in [5, 5.41) is 8.11. The van der Waals surface area contributed by atoms with E-state index in [0.717, 1.165) is 0 Å². The second kappa shape index (κ2) is 12.8. The number of halogens is 5. The number of fused-ring (bicyclic) bond motifs is 2. The van der Waals surface area contributed by atoms with Crippen molar-refractivity contribution < 1.29 is 16.8 Å². The fraction of sp³-hybridized carbons (Fsp3) is 0. The first-order chi connectivity index (χ1) is 20.8. The molecule has 7 nitrogen and oxygen atoms in total. The summed E-state index contributed by atoms with van der Waals surface area (Å²) >= 11 is 24.6. The van der Waals surface area contributed by atoms with Crippen molar-refractivity contribution in [1.82, 2.24) is 9.97 Å². The van der Waals surface area contributed by atoms with E-state index in [1.54, 1.807) is 84.9 Å². The maximum Gasteiger partial charge on any atom is 0.263 e. The summed E-state index contributed by atoms with van der Waals surface area (Å²) in [4.78, 5) is 8.60. The number of nitrogens with zero attached hydrogens (tertiary/aromatic N) is 2. The summed E-state index contributed by atoms with van der Waals surface area (Å²) in [6, 6.07) is 26.8. The summed E-state index contributed by atoms with van der Waals surface area (Å²) in [5.74, 6) is 0. The van der Waals surface area contributed by atoms with Gasteiger partial charge in [0.15, 0.2) is 0 Å². The van der Waals surface area contributed by atoms with Gasteiger partial charge in [-0.25, -0.2) is 31.9 Å². The highest BCUT2D eigenvalue weighted by Crippen LogP contribution is 2.37. The average Bonchev–Trinajstić information content (AvgIpc) is 2.97. The number of hydrogen-bond donors (Lipinski definition) is 1. The van der Waals surface area contributed by atoms with Crippen molar-refractivity contribution in [2.75, 3.05) is 0 Å². The molecule has 6 aromatic rings. The van der Waals surface area contributed by atoms with E-state index in [0.29, 0.717) is 53.0 Å². The molecule has 2 heterocycles. The van der Waals surface area contributed by atoms with E-state index in [-0.39, 0.29) is 21.2 Å². The number of rotatable bonds is 4. The standard InChI is InChI=1S/C15H8Cl3NO2S.C15H10Cl2N2O2S/c2*16-11-6-2-1-5-10(11)15-13(22(18,20)21)8-9-4-3-7-12(17)14(9)19-15/h1-8H;1-8H,(H2,18,20,21). The maximum atomic E-state index is 11.9. The minimum atomic E-state index is -3.99. The molecule has 0 saturated carbocycles. The van der Waals surface area contributed by atoms with Crippen LogP contribution in [0.2, 0.25) is 20.1 Å². The molecule has 0 saturated heterocycles. The summed E-state index contributed by atoms with van der Waals surface area (Å²) in [6.45, 7) is 0. The first-order valence-corrected chi connectivity index (χ1v) is 17.8. The van der Waals surface area contributed by atoms with Crippen molar-refractivity contribution in [3.05, 3.63) is 117 Å². The zero-order valence-electron chi connectivity index (χ0n) is 22.0. The number of pyridine rings is 2. The second-order valence-electron chi connectivity index (χ2n) is 9.24. The Labute approximate surface area is 277 Å². The van der Waals surface area contributed by atoms with Crippen molar-refractivity contribution in [3.8, 4) is 22.5 Å². The molecule has 14 heteroatoms. The molecule has 0 bridgehead atoms. The lowest BCUT2D eigenvalue weighted by Crippen LogP contribution is -2.14. The Kier molecular flexibility index (Phi) is 9.42. The van der Waals surface area contributed by atoms with E-state index in [1.807, 2.05) is 0 Å². The van der Waals surface area contributed by atoms with Gasteiger partial charge in [0.2, 0.25) is 10.0 Å². The Bertz CT molecular complexity index is 2140. The van der Waals surface area contributed by atoms with E-state index in [9.17, 15) is 16.8 Å². The van der Waals surface area contributed by atoms with E-state index < -0.39 is 19.1 Å². The molecule has 224 valence electrons. The quantitative estimate of drug-likeness (QED) is 0.181. The third-order valence-corrected chi connectivity index (χ3v) is 9.88. The molecule has 44 heavy (non-hydrogen) atoms. The van der Waals surface area contributed by atoms with E-state index >= 15 is 0 Å². The highest BCUT2D eigenvalue weighted by atomic mass is 35.7. The van der Waals surface area contributed by atoms with Crippen LogP contribution in [0, 0.1) is 0 Å². The zero-order chi connectivity index (χ0) is 31.8. The van der Waals surface area contributed by atoms with Gasteiger partial charge in [-0.05, 0) is 36.4 Å². The molecule has 0 aliphatic rings. The monoisotopic (exact) mass is 723 g/mol. The molecule has 2 aromatic heterocycles. The molecule has 0 atom stereocenters. The van der Waals surface area contributed by atoms with Crippen molar-refractivity contribution in [3.63, 3.8) is 0 Å². The number of hydrogen-bond acceptors (Lipinski definition) is 6. The first-order valence-electron chi connectivity index (χ1n) is 12.4. The fourth-order valence-electron chi connectivity index (χ4n) is 4.38. The van der Waals surface area contributed by atoms with Crippen LogP contribution in [0.4, 0.5) is 0 Å². The Hall–Kier alpha value is -2.99. The molecule has 0 aliphatic heterocycles. The van der Waals surface area contributed by atoms with Crippen molar-refractivity contribution in [2.45, 2.75) is 9.79 Å². The minimum absolute atomic E-state index is 0.0876. The first kappa shape index (κ1) is 32.4. The predicted octanol–water partition coefficient (Wildman–Crippen LogP) is 8.99. The van der Waals surface area contributed by atoms with Crippen LogP contribution < -0.4 is 5.14 Å². The number of benzene rings is 4. The average molecular weight is 726 g/mol. The van der Waals surface area contributed by atoms with Gasteiger partial charge in [0, 0.05) is 32.6 Å². The molecule has 0 spiro atoms. The van der Waals surface area contributed by atoms with E-state index in [1.165, 1.54) is 12.1 Å². The highest BCUT2D eigenvalue weighted by molar-refractivity contribution is 8.13.